The summed E-state index contributed by atoms with van der Waals surface area (Å²) >= 11 is 3.40. The van der Waals surface area contributed by atoms with Gasteiger partial charge in [0, 0.05) is 17.1 Å². The van der Waals surface area contributed by atoms with E-state index in [9.17, 15) is 4.79 Å². The molecule has 0 spiro atoms. The minimum atomic E-state index is -0.774. The molecule has 1 aromatic carbocycles. The van der Waals surface area contributed by atoms with Crippen molar-refractivity contribution in [1.82, 2.24) is 5.32 Å². The Balaban J connectivity index is 2.46. The number of carbonyl (C=O) groups is 1. The van der Waals surface area contributed by atoms with E-state index < -0.39 is 5.97 Å². The van der Waals surface area contributed by atoms with Gasteiger partial charge in [-0.2, -0.15) is 0 Å². The lowest BCUT2D eigenvalue weighted by Gasteiger charge is -2.13. The number of hydrogen-bond acceptors (Lipinski definition) is 2. The second kappa shape index (κ2) is 5.88. The first kappa shape index (κ1) is 12.2. The largest absolute Gasteiger partial charge is 0.481 e. The van der Waals surface area contributed by atoms with E-state index in [-0.39, 0.29) is 12.5 Å². The predicted molar refractivity (Wildman–Crippen MR) is 62.8 cm³/mol. The van der Waals surface area contributed by atoms with Crippen LogP contribution in [0.3, 0.4) is 0 Å². The van der Waals surface area contributed by atoms with Gasteiger partial charge in [-0.05, 0) is 24.6 Å². The van der Waals surface area contributed by atoms with Gasteiger partial charge in [-0.3, -0.25) is 4.79 Å². The van der Waals surface area contributed by atoms with Crippen LogP contribution in [-0.2, 0) is 4.79 Å². The number of rotatable bonds is 5. The van der Waals surface area contributed by atoms with Crippen molar-refractivity contribution in [2.45, 2.75) is 19.4 Å². The van der Waals surface area contributed by atoms with E-state index in [1.165, 1.54) is 0 Å². The van der Waals surface area contributed by atoms with Crippen molar-refractivity contribution in [3.63, 3.8) is 0 Å². The van der Waals surface area contributed by atoms with Gasteiger partial charge in [-0.1, -0.05) is 28.1 Å². The molecule has 1 rings (SSSR count). The van der Waals surface area contributed by atoms with E-state index in [0.29, 0.717) is 6.54 Å². The van der Waals surface area contributed by atoms with Gasteiger partial charge in [-0.15, -0.1) is 0 Å². The van der Waals surface area contributed by atoms with Crippen LogP contribution in [0.5, 0.6) is 0 Å². The van der Waals surface area contributed by atoms with Crippen LogP contribution in [0.25, 0.3) is 0 Å². The van der Waals surface area contributed by atoms with Gasteiger partial charge >= 0.3 is 5.97 Å². The van der Waals surface area contributed by atoms with Gasteiger partial charge in [-0.25, -0.2) is 0 Å². The van der Waals surface area contributed by atoms with Crippen LogP contribution in [0.2, 0.25) is 0 Å². The third-order valence-electron chi connectivity index (χ3n) is 2.14. The molecule has 15 heavy (non-hydrogen) atoms. The summed E-state index contributed by atoms with van der Waals surface area (Å²) in [6.07, 6.45) is 0.151. The molecule has 1 aromatic rings. The lowest BCUT2D eigenvalue weighted by Crippen LogP contribution is -2.21. The minimum Gasteiger partial charge on any atom is -0.481 e. The molecule has 0 bridgehead atoms. The molecule has 1 atom stereocenters. The van der Waals surface area contributed by atoms with Crippen LogP contribution in [0.15, 0.2) is 28.7 Å². The van der Waals surface area contributed by atoms with Gasteiger partial charge in [0.25, 0.3) is 0 Å². The Morgan fingerprint density at radius 2 is 2.33 bits per heavy atom. The predicted octanol–water partition coefficient (Wildman–Crippen LogP) is 2.57. The Labute approximate surface area is 97.6 Å². The number of halogens is 1. The van der Waals surface area contributed by atoms with Crippen molar-refractivity contribution in [2.24, 2.45) is 0 Å². The average molecular weight is 272 g/mol. The zero-order valence-corrected chi connectivity index (χ0v) is 10.1. The SMILES string of the molecule is CC(NCCC(=O)O)c1cccc(Br)c1. The molecule has 0 aromatic heterocycles. The first-order chi connectivity index (χ1) is 7.09. The van der Waals surface area contributed by atoms with Crippen molar-refractivity contribution >= 4 is 21.9 Å². The van der Waals surface area contributed by atoms with Crippen LogP contribution in [-0.4, -0.2) is 17.6 Å². The summed E-state index contributed by atoms with van der Waals surface area (Å²) in [5.41, 5.74) is 1.15. The number of benzene rings is 1. The Kier molecular flexibility index (Phi) is 4.78. The Hall–Kier alpha value is -0.870. The maximum absolute atomic E-state index is 10.3. The van der Waals surface area contributed by atoms with Crippen LogP contribution in [0.4, 0.5) is 0 Å². The van der Waals surface area contributed by atoms with E-state index in [1.807, 2.05) is 31.2 Å². The van der Waals surface area contributed by atoms with Crippen LogP contribution in [0, 0.1) is 0 Å². The van der Waals surface area contributed by atoms with E-state index in [4.69, 9.17) is 5.11 Å². The molecule has 0 fully saturated rings. The molecule has 0 amide bonds. The molecular formula is C11H14BrNO2. The fourth-order valence-electron chi connectivity index (χ4n) is 1.29. The molecule has 82 valence electrons. The van der Waals surface area contributed by atoms with E-state index in [2.05, 4.69) is 21.2 Å². The van der Waals surface area contributed by atoms with E-state index in [1.54, 1.807) is 0 Å². The summed E-state index contributed by atoms with van der Waals surface area (Å²) in [6.45, 7) is 2.51. The third kappa shape index (κ3) is 4.44. The first-order valence-electron chi connectivity index (χ1n) is 4.80. The quantitative estimate of drug-likeness (QED) is 0.866. The highest BCUT2D eigenvalue weighted by atomic mass is 79.9. The third-order valence-corrected chi connectivity index (χ3v) is 2.63. The normalized spacial score (nSPS) is 12.4. The van der Waals surface area contributed by atoms with E-state index in [0.717, 1.165) is 10.0 Å². The van der Waals surface area contributed by atoms with Gasteiger partial charge in [0.15, 0.2) is 0 Å². The van der Waals surface area contributed by atoms with Crippen molar-refractivity contribution in [3.05, 3.63) is 34.3 Å². The zero-order chi connectivity index (χ0) is 11.3. The zero-order valence-electron chi connectivity index (χ0n) is 8.53. The second-order valence-corrected chi connectivity index (χ2v) is 4.29. The molecule has 0 heterocycles. The second-order valence-electron chi connectivity index (χ2n) is 3.37. The lowest BCUT2D eigenvalue weighted by atomic mass is 10.1. The van der Waals surface area contributed by atoms with Gasteiger partial charge in [0.05, 0.1) is 6.42 Å². The highest BCUT2D eigenvalue weighted by Crippen LogP contribution is 2.17. The summed E-state index contributed by atoms with van der Waals surface area (Å²) in [7, 11) is 0. The summed E-state index contributed by atoms with van der Waals surface area (Å²) in [5.74, 6) is -0.774. The van der Waals surface area contributed by atoms with Gasteiger partial charge < -0.3 is 10.4 Å². The molecule has 0 saturated heterocycles. The smallest absolute Gasteiger partial charge is 0.304 e. The molecule has 4 heteroatoms. The number of nitrogens with one attached hydrogen (secondary N) is 1. The average Bonchev–Trinajstić information content (AvgIpc) is 2.17. The first-order valence-corrected chi connectivity index (χ1v) is 5.59. The number of hydrogen-bond donors (Lipinski definition) is 2. The van der Waals surface area contributed by atoms with Gasteiger partial charge in [0.1, 0.15) is 0 Å². The standard InChI is InChI=1S/C11H14BrNO2/c1-8(13-6-5-11(14)15)9-3-2-4-10(12)7-9/h2-4,7-8,13H,5-6H2,1H3,(H,14,15). The monoisotopic (exact) mass is 271 g/mol. The van der Waals surface area contributed by atoms with Crippen molar-refractivity contribution in [1.29, 1.82) is 0 Å². The van der Waals surface area contributed by atoms with E-state index >= 15 is 0 Å². The fourth-order valence-corrected chi connectivity index (χ4v) is 1.71. The topological polar surface area (TPSA) is 49.3 Å². The van der Waals surface area contributed by atoms with Crippen molar-refractivity contribution in [3.8, 4) is 0 Å². The van der Waals surface area contributed by atoms with Crippen LogP contribution < -0.4 is 5.32 Å². The van der Waals surface area contributed by atoms with Gasteiger partial charge in [0.2, 0.25) is 0 Å². The molecule has 0 aliphatic rings. The summed E-state index contributed by atoms with van der Waals surface area (Å²) in [5, 5.41) is 11.6. The molecule has 2 N–H and O–H groups in total. The van der Waals surface area contributed by atoms with Crippen molar-refractivity contribution in [2.75, 3.05) is 6.54 Å². The van der Waals surface area contributed by atoms with Crippen molar-refractivity contribution < 1.29 is 9.90 Å². The molecule has 0 radical (unpaired) electrons. The Morgan fingerprint density at radius 1 is 1.60 bits per heavy atom. The molecule has 0 aliphatic carbocycles. The summed E-state index contributed by atoms with van der Waals surface area (Å²) < 4.78 is 1.03. The maximum atomic E-state index is 10.3. The van der Waals surface area contributed by atoms with Crippen LogP contribution in [0.1, 0.15) is 24.9 Å². The molecule has 0 saturated carbocycles. The lowest BCUT2D eigenvalue weighted by molar-refractivity contribution is -0.136. The highest BCUT2D eigenvalue weighted by Gasteiger charge is 2.05. The molecule has 3 nitrogen and oxygen atoms in total. The number of carboxylic acids is 1. The molecule has 1 unspecified atom stereocenters. The summed E-state index contributed by atoms with van der Waals surface area (Å²) in [4.78, 5) is 10.3. The fraction of sp³-hybridized carbons (Fsp3) is 0.364. The summed E-state index contributed by atoms with van der Waals surface area (Å²) in [6, 6.07) is 8.14. The Morgan fingerprint density at radius 3 is 2.93 bits per heavy atom. The minimum absolute atomic E-state index is 0.151. The number of carboxylic acid groups (broad SMARTS) is 1. The highest BCUT2D eigenvalue weighted by molar-refractivity contribution is 9.10. The number of aliphatic carboxylic acids is 1. The Bertz CT molecular complexity index is 341. The molecule has 0 aliphatic heterocycles. The van der Waals surface area contributed by atoms with Crippen LogP contribution >= 0.6 is 15.9 Å². The molecular weight excluding hydrogens is 258 g/mol. The maximum Gasteiger partial charge on any atom is 0.304 e.